The molecule has 2 rings (SSSR count). The number of methoxy groups -OCH3 is 1. The maximum absolute atomic E-state index is 13.1. The van der Waals surface area contributed by atoms with Crippen molar-refractivity contribution in [3.63, 3.8) is 0 Å². The standard InChI is InChI=1S/C25H34O8/c1-14(2)12-32-23(28)20-18(26)11-25(5,30)21(24(29)33-13-15(3)4)19(20)16-7-9-17(10-8-16)22(27)31-6/h7-10,14-15,19-21,30H,11-13H2,1-6H3/t19-,20+,21-,25+/m1/s1. The quantitative estimate of drug-likeness (QED) is 0.356. The maximum Gasteiger partial charge on any atom is 0.337 e. The normalized spacial score (nSPS) is 25.1. The van der Waals surface area contributed by atoms with Gasteiger partial charge in [0.05, 0.1) is 37.4 Å². The monoisotopic (exact) mass is 462 g/mol. The highest BCUT2D eigenvalue weighted by atomic mass is 16.5. The van der Waals surface area contributed by atoms with Crippen molar-refractivity contribution in [1.29, 1.82) is 0 Å². The highest BCUT2D eigenvalue weighted by Gasteiger charge is 2.57. The summed E-state index contributed by atoms with van der Waals surface area (Å²) in [6.07, 6.45) is -0.382. The number of carbonyl (C=O) groups is 4. The van der Waals surface area contributed by atoms with Crippen molar-refractivity contribution in [2.24, 2.45) is 23.7 Å². The van der Waals surface area contributed by atoms with Crippen molar-refractivity contribution in [3.8, 4) is 0 Å². The molecule has 1 aliphatic rings. The first-order valence-corrected chi connectivity index (χ1v) is 11.2. The number of aliphatic hydroxyl groups is 1. The van der Waals surface area contributed by atoms with E-state index in [4.69, 9.17) is 14.2 Å². The number of carbonyl (C=O) groups excluding carboxylic acids is 4. The molecule has 0 heterocycles. The molecular formula is C25H34O8. The third-order valence-corrected chi connectivity index (χ3v) is 5.61. The number of hydrogen-bond donors (Lipinski definition) is 1. The maximum atomic E-state index is 13.1. The van der Waals surface area contributed by atoms with Gasteiger partial charge in [0, 0.05) is 12.3 Å². The SMILES string of the molecule is COC(=O)c1ccc([C@@H]2[C@@H](C(=O)OCC(C)C)C(=O)C[C@](C)(O)[C@H]2C(=O)OCC(C)C)cc1. The Morgan fingerprint density at radius 1 is 1.00 bits per heavy atom. The fourth-order valence-corrected chi connectivity index (χ4v) is 4.05. The highest BCUT2D eigenvalue weighted by Crippen LogP contribution is 2.46. The van der Waals surface area contributed by atoms with Crippen LogP contribution in [0.2, 0.25) is 0 Å². The minimum absolute atomic E-state index is 0.0559. The first-order valence-electron chi connectivity index (χ1n) is 11.2. The van der Waals surface area contributed by atoms with Gasteiger partial charge in [0.25, 0.3) is 0 Å². The zero-order valence-corrected chi connectivity index (χ0v) is 20.1. The van der Waals surface area contributed by atoms with E-state index in [0.29, 0.717) is 5.56 Å². The van der Waals surface area contributed by atoms with Gasteiger partial charge in [-0.3, -0.25) is 14.4 Å². The van der Waals surface area contributed by atoms with Crippen LogP contribution in [0.1, 0.15) is 62.9 Å². The molecule has 182 valence electrons. The molecule has 1 saturated carbocycles. The van der Waals surface area contributed by atoms with E-state index in [9.17, 15) is 24.3 Å². The van der Waals surface area contributed by atoms with E-state index in [-0.39, 0.29) is 37.0 Å². The van der Waals surface area contributed by atoms with Crippen LogP contribution in [0.3, 0.4) is 0 Å². The molecule has 0 spiro atoms. The predicted molar refractivity (Wildman–Crippen MR) is 119 cm³/mol. The number of rotatable bonds is 8. The Morgan fingerprint density at radius 3 is 2.00 bits per heavy atom. The molecule has 0 aliphatic heterocycles. The summed E-state index contributed by atoms with van der Waals surface area (Å²) in [5.41, 5.74) is -1.02. The Kier molecular flexibility index (Phi) is 8.77. The topological polar surface area (TPSA) is 116 Å². The van der Waals surface area contributed by atoms with Crippen molar-refractivity contribution in [1.82, 2.24) is 0 Å². The van der Waals surface area contributed by atoms with Crippen molar-refractivity contribution in [2.75, 3.05) is 20.3 Å². The zero-order chi connectivity index (χ0) is 24.9. The molecule has 0 aromatic heterocycles. The molecular weight excluding hydrogens is 428 g/mol. The molecule has 33 heavy (non-hydrogen) atoms. The van der Waals surface area contributed by atoms with E-state index in [1.54, 1.807) is 12.1 Å². The molecule has 1 aromatic carbocycles. The number of esters is 3. The van der Waals surface area contributed by atoms with E-state index < -0.39 is 47.0 Å². The van der Waals surface area contributed by atoms with Crippen LogP contribution in [0.25, 0.3) is 0 Å². The number of ketones is 1. The summed E-state index contributed by atoms with van der Waals surface area (Å²) < 4.78 is 15.5. The van der Waals surface area contributed by atoms with E-state index in [2.05, 4.69) is 0 Å². The van der Waals surface area contributed by atoms with Crippen LogP contribution in [-0.4, -0.2) is 54.7 Å². The van der Waals surface area contributed by atoms with Gasteiger partial charge in [-0.05, 0) is 36.5 Å². The van der Waals surface area contributed by atoms with Gasteiger partial charge in [0.1, 0.15) is 5.92 Å². The van der Waals surface area contributed by atoms with Crippen molar-refractivity contribution in [2.45, 2.75) is 52.6 Å². The molecule has 1 fully saturated rings. The van der Waals surface area contributed by atoms with Gasteiger partial charge in [-0.2, -0.15) is 0 Å². The van der Waals surface area contributed by atoms with E-state index in [0.717, 1.165) is 0 Å². The molecule has 1 aliphatic carbocycles. The Balaban J connectivity index is 2.55. The minimum Gasteiger partial charge on any atom is -0.465 e. The molecule has 0 bridgehead atoms. The summed E-state index contributed by atoms with van der Waals surface area (Å²) >= 11 is 0. The smallest absolute Gasteiger partial charge is 0.337 e. The number of hydrogen-bond acceptors (Lipinski definition) is 8. The molecule has 0 radical (unpaired) electrons. The Labute approximate surface area is 194 Å². The van der Waals surface area contributed by atoms with E-state index in [1.165, 1.54) is 26.2 Å². The third-order valence-electron chi connectivity index (χ3n) is 5.61. The van der Waals surface area contributed by atoms with Gasteiger partial charge in [0.2, 0.25) is 0 Å². The predicted octanol–water partition coefficient (Wildman–Crippen LogP) is 2.91. The first-order chi connectivity index (χ1) is 15.4. The third kappa shape index (κ3) is 6.41. The highest BCUT2D eigenvalue weighted by molar-refractivity contribution is 6.03. The number of ether oxygens (including phenoxy) is 3. The second-order valence-electron chi connectivity index (χ2n) is 9.64. The van der Waals surface area contributed by atoms with Gasteiger partial charge >= 0.3 is 17.9 Å². The summed E-state index contributed by atoms with van der Waals surface area (Å²) in [4.78, 5) is 51.0. The van der Waals surface area contributed by atoms with Gasteiger partial charge in [0.15, 0.2) is 5.78 Å². The summed E-state index contributed by atoms with van der Waals surface area (Å²) in [6, 6.07) is 6.08. The fraction of sp³-hybridized carbons (Fsp3) is 0.600. The van der Waals surface area contributed by atoms with Crippen LogP contribution in [-0.2, 0) is 28.6 Å². The summed E-state index contributed by atoms with van der Waals surface area (Å²) in [5, 5.41) is 11.1. The van der Waals surface area contributed by atoms with Crippen molar-refractivity contribution < 1.29 is 38.5 Å². The number of benzene rings is 1. The minimum atomic E-state index is -1.73. The molecule has 0 amide bonds. The van der Waals surface area contributed by atoms with Crippen LogP contribution in [0.4, 0.5) is 0 Å². The van der Waals surface area contributed by atoms with Gasteiger partial charge in [-0.1, -0.05) is 39.8 Å². The molecule has 0 unspecified atom stereocenters. The Hall–Kier alpha value is -2.74. The average Bonchev–Trinajstić information content (AvgIpc) is 2.74. The molecule has 8 heteroatoms. The van der Waals surface area contributed by atoms with E-state index >= 15 is 0 Å². The van der Waals surface area contributed by atoms with Crippen LogP contribution in [0.15, 0.2) is 24.3 Å². The Bertz CT molecular complexity index is 869. The lowest BCUT2D eigenvalue weighted by Gasteiger charge is -2.43. The summed E-state index contributed by atoms with van der Waals surface area (Å²) in [6.45, 7) is 9.16. The second kappa shape index (κ2) is 10.9. The number of Topliss-reactive ketones (excluding diaryl/α,β-unsaturated/α-hetero) is 1. The largest absolute Gasteiger partial charge is 0.465 e. The lowest BCUT2D eigenvalue weighted by molar-refractivity contribution is -0.174. The lowest BCUT2D eigenvalue weighted by atomic mass is 9.61. The fourth-order valence-electron chi connectivity index (χ4n) is 4.05. The van der Waals surface area contributed by atoms with Crippen LogP contribution < -0.4 is 0 Å². The molecule has 4 atom stereocenters. The first kappa shape index (κ1) is 26.5. The van der Waals surface area contributed by atoms with Crippen molar-refractivity contribution in [3.05, 3.63) is 35.4 Å². The van der Waals surface area contributed by atoms with Crippen molar-refractivity contribution >= 4 is 23.7 Å². The molecule has 1 N–H and O–H groups in total. The molecule has 1 aromatic rings. The summed E-state index contributed by atoms with van der Waals surface area (Å²) in [5.74, 6) is -5.86. The second-order valence-corrected chi connectivity index (χ2v) is 9.64. The molecule has 8 nitrogen and oxygen atoms in total. The van der Waals surface area contributed by atoms with Gasteiger partial charge in [-0.15, -0.1) is 0 Å². The van der Waals surface area contributed by atoms with E-state index in [1.807, 2.05) is 27.7 Å². The van der Waals surface area contributed by atoms with Crippen LogP contribution >= 0.6 is 0 Å². The molecule has 0 saturated heterocycles. The van der Waals surface area contributed by atoms with Gasteiger partial charge in [-0.25, -0.2) is 4.79 Å². The van der Waals surface area contributed by atoms with Crippen LogP contribution in [0.5, 0.6) is 0 Å². The lowest BCUT2D eigenvalue weighted by Crippen LogP contribution is -2.55. The van der Waals surface area contributed by atoms with Gasteiger partial charge < -0.3 is 19.3 Å². The zero-order valence-electron chi connectivity index (χ0n) is 20.1. The average molecular weight is 463 g/mol. The van der Waals surface area contributed by atoms with Crippen LogP contribution in [0, 0.1) is 23.7 Å². The summed E-state index contributed by atoms with van der Waals surface area (Å²) in [7, 11) is 1.26. The Morgan fingerprint density at radius 2 is 1.52 bits per heavy atom.